The Morgan fingerprint density at radius 1 is 1.05 bits per heavy atom. The molecule has 0 radical (unpaired) electrons. The lowest BCUT2D eigenvalue weighted by atomic mass is 10.1. The van der Waals surface area contributed by atoms with Crippen molar-refractivity contribution in [2.24, 2.45) is 7.05 Å². The highest BCUT2D eigenvalue weighted by molar-refractivity contribution is 5.75. The molecule has 1 aromatic heterocycles. The van der Waals surface area contributed by atoms with Crippen LogP contribution in [0, 0.1) is 0 Å². The number of fused-ring (bicyclic) bond motifs is 1. The summed E-state index contributed by atoms with van der Waals surface area (Å²) >= 11 is 0. The van der Waals surface area contributed by atoms with Gasteiger partial charge in [0.05, 0.1) is 17.1 Å². The fourth-order valence-corrected chi connectivity index (χ4v) is 2.34. The maximum atomic E-state index is 10.3. The lowest BCUT2D eigenvalue weighted by Crippen LogP contribution is -2.06. The number of hydrogen-bond acceptors (Lipinski definition) is 2. The third kappa shape index (κ3) is 2.25. The lowest BCUT2D eigenvalue weighted by Gasteiger charge is -2.10. The number of benzene rings is 2. The molecule has 0 spiro atoms. The molecule has 0 aliphatic heterocycles. The molecule has 3 aromatic rings. The molecule has 19 heavy (non-hydrogen) atoms. The Labute approximate surface area is 112 Å². The minimum atomic E-state index is -0.517. The number of aliphatic hydroxyl groups is 1. The standard InChI is InChI=1S/C16H16N2O/c1-18-14-10-6-5-9-13(14)17-16(18)11-15(19)12-7-3-2-4-8-12/h2-10,15,19H,11H2,1H3. The summed E-state index contributed by atoms with van der Waals surface area (Å²) in [6, 6.07) is 17.7. The van der Waals surface area contributed by atoms with Crippen molar-refractivity contribution in [3.8, 4) is 0 Å². The van der Waals surface area contributed by atoms with E-state index in [1.807, 2.05) is 66.2 Å². The molecule has 2 aromatic carbocycles. The van der Waals surface area contributed by atoms with Crippen molar-refractivity contribution in [3.05, 3.63) is 66.0 Å². The second-order valence-corrected chi connectivity index (χ2v) is 4.71. The predicted molar refractivity (Wildman–Crippen MR) is 75.8 cm³/mol. The van der Waals surface area contributed by atoms with Gasteiger partial charge in [0.2, 0.25) is 0 Å². The van der Waals surface area contributed by atoms with Gasteiger partial charge in [-0.05, 0) is 17.7 Å². The molecule has 0 aliphatic rings. The Morgan fingerprint density at radius 2 is 1.74 bits per heavy atom. The Kier molecular flexibility index (Phi) is 3.05. The first-order chi connectivity index (χ1) is 9.25. The molecule has 0 amide bonds. The van der Waals surface area contributed by atoms with Crippen LogP contribution in [0.25, 0.3) is 11.0 Å². The highest BCUT2D eigenvalue weighted by Crippen LogP contribution is 2.20. The number of hydrogen-bond donors (Lipinski definition) is 1. The highest BCUT2D eigenvalue weighted by Gasteiger charge is 2.13. The monoisotopic (exact) mass is 252 g/mol. The predicted octanol–water partition coefficient (Wildman–Crippen LogP) is 2.85. The molecule has 3 rings (SSSR count). The Bertz CT molecular complexity index is 688. The largest absolute Gasteiger partial charge is 0.388 e. The molecule has 0 saturated carbocycles. The van der Waals surface area contributed by atoms with E-state index in [0.29, 0.717) is 6.42 Å². The van der Waals surface area contributed by atoms with E-state index in [-0.39, 0.29) is 0 Å². The van der Waals surface area contributed by atoms with E-state index < -0.39 is 6.10 Å². The van der Waals surface area contributed by atoms with Gasteiger partial charge in [-0.1, -0.05) is 42.5 Å². The van der Waals surface area contributed by atoms with Gasteiger partial charge >= 0.3 is 0 Å². The molecule has 0 fully saturated rings. The molecule has 1 unspecified atom stereocenters. The van der Waals surface area contributed by atoms with Crippen LogP contribution in [0.4, 0.5) is 0 Å². The average molecular weight is 252 g/mol. The van der Waals surface area contributed by atoms with Crippen molar-refractivity contribution < 1.29 is 5.11 Å². The molecule has 0 saturated heterocycles. The van der Waals surface area contributed by atoms with Gasteiger partial charge in [0.15, 0.2) is 0 Å². The van der Waals surface area contributed by atoms with Crippen LogP contribution in [0.1, 0.15) is 17.5 Å². The van der Waals surface area contributed by atoms with Crippen LogP contribution in [-0.2, 0) is 13.5 Å². The van der Waals surface area contributed by atoms with E-state index in [0.717, 1.165) is 22.4 Å². The molecule has 1 heterocycles. The van der Waals surface area contributed by atoms with Gasteiger partial charge in [-0.25, -0.2) is 4.98 Å². The van der Waals surface area contributed by atoms with Gasteiger partial charge in [0.1, 0.15) is 5.82 Å². The lowest BCUT2D eigenvalue weighted by molar-refractivity contribution is 0.175. The number of aliphatic hydroxyl groups excluding tert-OH is 1. The third-order valence-electron chi connectivity index (χ3n) is 3.44. The summed E-state index contributed by atoms with van der Waals surface area (Å²) in [5.74, 6) is 0.901. The van der Waals surface area contributed by atoms with Crippen LogP contribution in [0.15, 0.2) is 54.6 Å². The van der Waals surface area contributed by atoms with Crippen molar-refractivity contribution >= 4 is 11.0 Å². The van der Waals surface area contributed by atoms with Crippen LogP contribution in [0.5, 0.6) is 0 Å². The summed E-state index contributed by atoms with van der Waals surface area (Å²) in [5.41, 5.74) is 2.99. The highest BCUT2D eigenvalue weighted by atomic mass is 16.3. The number of aryl methyl sites for hydroxylation is 1. The van der Waals surface area contributed by atoms with E-state index in [1.54, 1.807) is 0 Å². The smallest absolute Gasteiger partial charge is 0.112 e. The summed E-state index contributed by atoms with van der Waals surface area (Å²) in [6.45, 7) is 0. The molecule has 0 aliphatic carbocycles. The van der Waals surface area contributed by atoms with Crippen molar-refractivity contribution in [3.63, 3.8) is 0 Å². The Hall–Kier alpha value is -2.13. The van der Waals surface area contributed by atoms with Crippen molar-refractivity contribution in [2.45, 2.75) is 12.5 Å². The maximum Gasteiger partial charge on any atom is 0.112 e. The van der Waals surface area contributed by atoms with Crippen molar-refractivity contribution in [1.29, 1.82) is 0 Å². The zero-order valence-electron chi connectivity index (χ0n) is 10.8. The SMILES string of the molecule is Cn1c(CC(O)c2ccccc2)nc2ccccc21. The van der Waals surface area contributed by atoms with E-state index in [2.05, 4.69) is 4.98 Å². The van der Waals surface area contributed by atoms with Crippen LogP contribution in [-0.4, -0.2) is 14.7 Å². The normalized spacial score (nSPS) is 12.7. The van der Waals surface area contributed by atoms with Crippen molar-refractivity contribution in [1.82, 2.24) is 9.55 Å². The van der Waals surface area contributed by atoms with E-state index in [4.69, 9.17) is 0 Å². The molecule has 0 bridgehead atoms. The Morgan fingerprint density at radius 3 is 2.47 bits per heavy atom. The van der Waals surface area contributed by atoms with Gasteiger partial charge in [0, 0.05) is 13.5 Å². The van der Waals surface area contributed by atoms with E-state index in [1.165, 1.54) is 0 Å². The minimum absolute atomic E-state index is 0.517. The summed E-state index contributed by atoms with van der Waals surface area (Å²) in [4.78, 5) is 4.58. The van der Waals surface area contributed by atoms with Gasteiger partial charge in [-0.3, -0.25) is 0 Å². The van der Waals surface area contributed by atoms with Crippen LogP contribution >= 0.6 is 0 Å². The summed E-state index contributed by atoms with van der Waals surface area (Å²) in [7, 11) is 1.99. The summed E-state index contributed by atoms with van der Waals surface area (Å²) in [6.07, 6.45) is 0.00608. The number of rotatable bonds is 3. The Balaban J connectivity index is 1.91. The molecular formula is C16H16N2O. The molecule has 1 N–H and O–H groups in total. The van der Waals surface area contributed by atoms with Gasteiger partial charge in [0.25, 0.3) is 0 Å². The quantitative estimate of drug-likeness (QED) is 0.778. The fourth-order valence-electron chi connectivity index (χ4n) is 2.34. The first kappa shape index (κ1) is 11.9. The van der Waals surface area contributed by atoms with Crippen molar-refractivity contribution in [2.75, 3.05) is 0 Å². The summed E-state index contributed by atoms with van der Waals surface area (Å²) in [5, 5.41) is 10.3. The number of imidazole rings is 1. The summed E-state index contributed by atoms with van der Waals surface area (Å²) < 4.78 is 2.04. The zero-order valence-corrected chi connectivity index (χ0v) is 10.8. The number of para-hydroxylation sites is 2. The van der Waals surface area contributed by atoms with Gasteiger partial charge < -0.3 is 9.67 Å². The first-order valence-corrected chi connectivity index (χ1v) is 6.39. The molecule has 1 atom stereocenters. The van der Waals surface area contributed by atoms with Crippen LogP contribution in [0.3, 0.4) is 0 Å². The second-order valence-electron chi connectivity index (χ2n) is 4.71. The van der Waals surface area contributed by atoms with Crippen LogP contribution < -0.4 is 0 Å². The molecule has 3 heteroatoms. The van der Waals surface area contributed by atoms with Gasteiger partial charge in [-0.15, -0.1) is 0 Å². The third-order valence-corrected chi connectivity index (χ3v) is 3.44. The fraction of sp³-hybridized carbons (Fsp3) is 0.188. The zero-order chi connectivity index (χ0) is 13.2. The van der Waals surface area contributed by atoms with Gasteiger partial charge in [-0.2, -0.15) is 0 Å². The average Bonchev–Trinajstić information content (AvgIpc) is 2.77. The molecular weight excluding hydrogens is 236 g/mol. The van der Waals surface area contributed by atoms with E-state index in [9.17, 15) is 5.11 Å². The topological polar surface area (TPSA) is 38.0 Å². The number of aromatic nitrogens is 2. The molecule has 96 valence electrons. The first-order valence-electron chi connectivity index (χ1n) is 6.39. The minimum Gasteiger partial charge on any atom is -0.388 e. The maximum absolute atomic E-state index is 10.3. The van der Waals surface area contributed by atoms with Crippen LogP contribution in [0.2, 0.25) is 0 Å². The second kappa shape index (κ2) is 4.86. The molecule has 3 nitrogen and oxygen atoms in total. The number of nitrogens with zero attached hydrogens (tertiary/aromatic N) is 2. The van der Waals surface area contributed by atoms with E-state index >= 15 is 0 Å².